The van der Waals surface area contributed by atoms with Crippen LogP contribution in [0.1, 0.15) is 30.6 Å². The molecule has 1 aliphatic heterocycles. The van der Waals surface area contributed by atoms with Gasteiger partial charge in [-0.05, 0) is 23.6 Å². The molecule has 1 heterocycles. The van der Waals surface area contributed by atoms with Gasteiger partial charge in [-0.1, -0.05) is 30.7 Å². The van der Waals surface area contributed by atoms with Gasteiger partial charge in [0.05, 0.1) is 6.10 Å². The molecule has 14 heavy (non-hydrogen) atoms. The summed E-state index contributed by atoms with van der Waals surface area (Å²) in [6.45, 7) is 2.15. The number of hydrogen-bond acceptors (Lipinski definition) is 2. The van der Waals surface area contributed by atoms with E-state index in [-0.39, 0.29) is 6.10 Å². The molecule has 0 radical (unpaired) electrons. The van der Waals surface area contributed by atoms with Gasteiger partial charge in [-0.15, -0.1) is 0 Å². The van der Waals surface area contributed by atoms with Gasteiger partial charge in [-0.3, -0.25) is 0 Å². The van der Waals surface area contributed by atoms with Gasteiger partial charge in [0.15, 0.2) is 0 Å². The summed E-state index contributed by atoms with van der Waals surface area (Å²) >= 11 is 7.96. The van der Waals surface area contributed by atoms with Crippen LogP contribution in [0.4, 0.5) is 0 Å². The first-order valence-electron chi connectivity index (χ1n) is 4.75. The van der Waals surface area contributed by atoms with E-state index in [0.717, 1.165) is 28.3 Å². The molecule has 2 rings (SSSR count). The Balaban J connectivity index is 2.43. The summed E-state index contributed by atoms with van der Waals surface area (Å²) in [5.41, 5.74) is 2.12. The maximum atomic E-state index is 9.96. The second-order valence-corrected chi connectivity index (χ2v) is 5.51. The van der Waals surface area contributed by atoms with Crippen molar-refractivity contribution < 1.29 is 5.11 Å². The van der Waals surface area contributed by atoms with Crippen LogP contribution in [-0.4, -0.2) is 10.4 Å². The lowest BCUT2D eigenvalue weighted by atomic mass is 10.0. The Morgan fingerprint density at radius 1 is 1.50 bits per heavy atom. The minimum absolute atomic E-state index is 0.353. The first-order chi connectivity index (χ1) is 6.68. The Morgan fingerprint density at radius 3 is 3.07 bits per heavy atom. The normalized spacial score (nSPS) is 26.8. The molecule has 1 aliphatic rings. The Bertz CT molecular complexity index is 340. The van der Waals surface area contributed by atoms with Crippen molar-refractivity contribution in [1.29, 1.82) is 0 Å². The number of fused-ring (bicyclic) bond motifs is 1. The van der Waals surface area contributed by atoms with Crippen LogP contribution < -0.4 is 0 Å². The fraction of sp³-hybridized carbons (Fsp3) is 0.455. The maximum Gasteiger partial charge on any atom is 0.0804 e. The van der Waals surface area contributed by atoms with Gasteiger partial charge in [-0.25, -0.2) is 0 Å². The van der Waals surface area contributed by atoms with Crippen molar-refractivity contribution in [2.75, 3.05) is 0 Å². The Morgan fingerprint density at radius 2 is 2.29 bits per heavy atom. The van der Waals surface area contributed by atoms with Gasteiger partial charge >= 0.3 is 0 Å². The van der Waals surface area contributed by atoms with Crippen molar-refractivity contribution in [3.63, 3.8) is 0 Å². The second-order valence-electron chi connectivity index (χ2n) is 3.68. The molecule has 0 bridgehead atoms. The fourth-order valence-electron chi connectivity index (χ4n) is 1.77. The summed E-state index contributed by atoms with van der Waals surface area (Å²) in [6.07, 6.45) is 0.464. The molecule has 0 saturated carbocycles. The third kappa shape index (κ3) is 1.92. The van der Waals surface area contributed by atoms with E-state index in [9.17, 15) is 5.11 Å². The lowest BCUT2D eigenvalue weighted by molar-refractivity contribution is 0.168. The molecular weight excluding hydrogens is 216 g/mol. The highest BCUT2D eigenvalue weighted by atomic mass is 35.5. The molecule has 1 unspecified atom stereocenters. The molecule has 1 aromatic carbocycles. The number of thioether (sulfide) groups is 1. The number of aliphatic hydroxyl groups excluding tert-OH is 1. The molecule has 0 saturated heterocycles. The van der Waals surface area contributed by atoms with E-state index in [0.29, 0.717) is 5.25 Å². The van der Waals surface area contributed by atoms with Crippen LogP contribution in [0.15, 0.2) is 18.2 Å². The van der Waals surface area contributed by atoms with Gasteiger partial charge in [0.1, 0.15) is 0 Å². The summed E-state index contributed by atoms with van der Waals surface area (Å²) in [6, 6.07) is 5.78. The average Bonchev–Trinajstić information content (AvgIpc) is 2.28. The largest absolute Gasteiger partial charge is 0.388 e. The Labute approximate surface area is 93.5 Å². The predicted octanol–water partition coefficient (Wildman–Crippen LogP) is 3.40. The van der Waals surface area contributed by atoms with E-state index in [1.165, 1.54) is 0 Å². The smallest absolute Gasteiger partial charge is 0.0804 e. The molecule has 1 N–H and O–H groups in total. The van der Waals surface area contributed by atoms with Crippen LogP contribution in [0.5, 0.6) is 0 Å². The maximum absolute atomic E-state index is 9.96. The summed E-state index contributed by atoms with van der Waals surface area (Å²) in [4.78, 5) is 0. The molecule has 0 spiro atoms. The van der Waals surface area contributed by atoms with Crippen molar-refractivity contribution in [3.05, 3.63) is 34.3 Å². The van der Waals surface area contributed by atoms with E-state index in [1.807, 2.05) is 30.0 Å². The molecular formula is C11H13ClOS. The summed E-state index contributed by atoms with van der Waals surface area (Å²) in [7, 11) is 0. The lowest BCUT2D eigenvalue weighted by Crippen LogP contribution is -2.03. The Hall–Kier alpha value is -0.180. The first kappa shape index (κ1) is 10.3. The van der Waals surface area contributed by atoms with Crippen LogP contribution in [-0.2, 0) is 5.75 Å². The zero-order valence-corrected chi connectivity index (χ0v) is 9.61. The van der Waals surface area contributed by atoms with Gasteiger partial charge in [0, 0.05) is 16.0 Å². The van der Waals surface area contributed by atoms with E-state index in [4.69, 9.17) is 11.6 Å². The number of aliphatic hydroxyl groups is 1. The number of rotatable bonds is 0. The second kappa shape index (κ2) is 4.13. The van der Waals surface area contributed by atoms with Crippen LogP contribution in [0, 0.1) is 0 Å². The standard InChI is InChI=1S/C11H13ClOS/c1-7-5-11(13)8-3-2-4-10(12)9(8)6-14-7/h2-4,7,11,13H,5-6H2,1H3/t7?,11-/m1/s1. The molecule has 1 nitrogen and oxygen atoms in total. The van der Waals surface area contributed by atoms with Crippen LogP contribution in [0.25, 0.3) is 0 Å². The number of halogens is 1. The van der Waals surface area contributed by atoms with Crippen LogP contribution in [0.3, 0.4) is 0 Å². The van der Waals surface area contributed by atoms with Crippen molar-refractivity contribution in [1.82, 2.24) is 0 Å². The molecule has 0 aromatic heterocycles. The van der Waals surface area contributed by atoms with E-state index in [2.05, 4.69) is 6.92 Å². The van der Waals surface area contributed by atoms with Gasteiger partial charge < -0.3 is 5.11 Å². The van der Waals surface area contributed by atoms with Gasteiger partial charge in [0.25, 0.3) is 0 Å². The van der Waals surface area contributed by atoms with Gasteiger partial charge in [-0.2, -0.15) is 11.8 Å². The molecule has 1 aromatic rings. The molecule has 3 heteroatoms. The van der Waals surface area contributed by atoms with E-state index >= 15 is 0 Å². The van der Waals surface area contributed by atoms with Crippen molar-refractivity contribution in [2.24, 2.45) is 0 Å². The molecule has 0 fully saturated rings. The van der Waals surface area contributed by atoms with Crippen molar-refractivity contribution in [3.8, 4) is 0 Å². The topological polar surface area (TPSA) is 20.2 Å². The Kier molecular flexibility index (Phi) is 3.05. The van der Waals surface area contributed by atoms with Crippen molar-refractivity contribution in [2.45, 2.75) is 30.5 Å². The van der Waals surface area contributed by atoms with Crippen LogP contribution >= 0.6 is 23.4 Å². The molecule has 0 aliphatic carbocycles. The molecule has 0 amide bonds. The third-order valence-corrected chi connectivity index (χ3v) is 4.15. The predicted molar refractivity (Wildman–Crippen MR) is 61.8 cm³/mol. The third-order valence-electron chi connectivity index (χ3n) is 2.58. The quantitative estimate of drug-likeness (QED) is 0.735. The minimum atomic E-state index is -0.353. The molecule has 2 atom stereocenters. The summed E-state index contributed by atoms with van der Waals surface area (Å²) in [5.74, 6) is 0.910. The highest BCUT2D eigenvalue weighted by molar-refractivity contribution is 7.99. The summed E-state index contributed by atoms with van der Waals surface area (Å²) in [5, 5.41) is 11.2. The highest BCUT2D eigenvalue weighted by Gasteiger charge is 2.21. The average molecular weight is 229 g/mol. The highest BCUT2D eigenvalue weighted by Crippen LogP contribution is 2.37. The van der Waals surface area contributed by atoms with Gasteiger partial charge in [0.2, 0.25) is 0 Å². The number of benzene rings is 1. The first-order valence-corrected chi connectivity index (χ1v) is 6.18. The number of hydrogen-bond donors (Lipinski definition) is 1. The lowest BCUT2D eigenvalue weighted by Gasteiger charge is -2.12. The van der Waals surface area contributed by atoms with E-state index < -0.39 is 0 Å². The SMILES string of the molecule is CC1C[C@@H](O)c2cccc(Cl)c2CS1. The zero-order valence-electron chi connectivity index (χ0n) is 8.03. The zero-order chi connectivity index (χ0) is 10.1. The fourth-order valence-corrected chi connectivity index (χ4v) is 3.19. The van der Waals surface area contributed by atoms with E-state index in [1.54, 1.807) is 0 Å². The monoisotopic (exact) mass is 228 g/mol. The van der Waals surface area contributed by atoms with Crippen molar-refractivity contribution >= 4 is 23.4 Å². The molecule has 76 valence electrons. The minimum Gasteiger partial charge on any atom is -0.388 e. The summed E-state index contributed by atoms with van der Waals surface area (Å²) < 4.78 is 0. The van der Waals surface area contributed by atoms with Crippen LogP contribution in [0.2, 0.25) is 5.02 Å².